The number of hydrogen-bond acceptors (Lipinski definition) is 0. The summed E-state index contributed by atoms with van der Waals surface area (Å²) in [5.41, 5.74) is 0.751. The van der Waals surface area contributed by atoms with E-state index in [1.807, 2.05) is 0 Å². The van der Waals surface area contributed by atoms with Crippen molar-refractivity contribution in [3.8, 4) is 0 Å². The fourth-order valence-electron chi connectivity index (χ4n) is 2.26. The van der Waals surface area contributed by atoms with E-state index in [0.717, 1.165) is 29.3 Å². The molecule has 0 amide bonds. The summed E-state index contributed by atoms with van der Waals surface area (Å²) in [6, 6.07) is 0. The molecular formula is C12H23P. The van der Waals surface area contributed by atoms with Crippen molar-refractivity contribution in [1.82, 2.24) is 0 Å². The molecule has 1 aliphatic carbocycles. The van der Waals surface area contributed by atoms with Crippen molar-refractivity contribution < 1.29 is 0 Å². The zero-order valence-electron chi connectivity index (χ0n) is 9.33. The largest absolute Gasteiger partial charge is 0.134 e. The van der Waals surface area contributed by atoms with Crippen molar-refractivity contribution in [3.05, 3.63) is 12.2 Å². The number of hydrogen-bond donors (Lipinski definition) is 0. The fraction of sp³-hybridized carbons (Fsp3) is 0.833. The van der Waals surface area contributed by atoms with E-state index in [0.29, 0.717) is 0 Å². The maximum atomic E-state index is 2.96. The molecular weight excluding hydrogens is 175 g/mol. The molecule has 76 valence electrons. The predicted molar refractivity (Wildman–Crippen MR) is 63.9 cm³/mol. The summed E-state index contributed by atoms with van der Waals surface area (Å²) in [5.74, 6) is 3.24. The Kier molecular flexibility index (Phi) is 3.98. The second-order valence-corrected chi connectivity index (χ2v) is 5.96. The Hall–Kier alpha value is 0.170. The molecule has 0 radical (unpaired) electrons. The van der Waals surface area contributed by atoms with Crippen molar-refractivity contribution in [1.29, 1.82) is 0 Å². The lowest BCUT2D eigenvalue weighted by Gasteiger charge is -2.34. The minimum Gasteiger partial charge on any atom is -0.134 e. The van der Waals surface area contributed by atoms with Crippen LogP contribution in [0.4, 0.5) is 0 Å². The van der Waals surface area contributed by atoms with Gasteiger partial charge in [-0.25, -0.2) is 0 Å². The van der Waals surface area contributed by atoms with Crippen molar-refractivity contribution in [3.63, 3.8) is 0 Å². The number of rotatable bonds is 2. The van der Waals surface area contributed by atoms with Crippen LogP contribution in [0.3, 0.4) is 0 Å². The van der Waals surface area contributed by atoms with Crippen LogP contribution in [0, 0.1) is 23.7 Å². The molecule has 3 unspecified atom stereocenters. The molecule has 5 atom stereocenters. The van der Waals surface area contributed by atoms with E-state index in [-0.39, 0.29) is 0 Å². The molecule has 0 aliphatic heterocycles. The molecule has 0 saturated carbocycles. The van der Waals surface area contributed by atoms with E-state index in [1.54, 1.807) is 0 Å². The van der Waals surface area contributed by atoms with Crippen molar-refractivity contribution >= 4 is 9.24 Å². The van der Waals surface area contributed by atoms with Gasteiger partial charge in [-0.05, 0) is 35.8 Å². The Morgan fingerprint density at radius 2 is 1.85 bits per heavy atom. The molecule has 0 aromatic heterocycles. The summed E-state index contributed by atoms with van der Waals surface area (Å²) in [7, 11) is 2.96. The summed E-state index contributed by atoms with van der Waals surface area (Å²) >= 11 is 0. The first-order valence-electron chi connectivity index (χ1n) is 5.46. The summed E-state index contributed by atoms with van der Waals surface area (Å²) in [4.78, 5) is 0. The Balaban J connectivity index is 2.65. The average molecular weight is 198 g/mol. The van der Waals surface area contributed by atoms with Gasteiger partial charge in [0, 0.05) is 0 Å². The first-order chi connectivity index (χ1) is 6.02. The van der Waals surface area contributed by atoms with Gasteiger partial charge < -0.3 is 0 Å². The smallest absolute Gasteiger partial charge is 0.0207 e. The Morgan fingerprint density at radius 1 is 1.23 bits per heavy atom. The third-order valence-corrected chi connectivity index (χ3v) is 3.91. The quantitative estimate of drug-likeness (QED) is 0.468. The molecule has 13 heavy (non-hydrogen) atoms. The van der Waals surface area contributed by atoms with Crippen LogP contribution in [0.5, 0.6) is 0 Å². The predicted octanol–water partition coefficient (Wildman–Crippen LogP) is 3.73. The van der Waals surface area contributed by atoms with Crippen molar-refractivity contribution in [2.24, 2.45) is 23.7 Å². The standard InChI is InChI=1S/C12H23P/c1-8(2)11-6-5-9(3)12(7-11)10(4)13/h5-6,8-12H,7,13H2,1-4H3/t9-,10-,11?,12?/m0/s1. The molecule has 0 heterocycles. The molecule has 1 heteroatoms. The van der Waals surface area contributed by atoms with E-state index < -0.39 is 0 Å². The van der Waals surface area contributed by atoms with Crippen LogP contribution in [0.15, 0.2) is 12.2 Å². The summed E-state index contributed by atoms with van der Waals surface area (Å²) < 4.78 is 0. The van der Waals surface area contributed by atoms with Gasteiger partial charge >= 0.3 is 0 Å². The van der Waals surface area contributed by atoms with E-state index in [4.69, 9.17) is 0 Å². The van der Waals surface area contributed by atoms with Crippen molar-refractivity contribution in [2.45, 2.75) is 39.8 Å². The molecule has 0 fully saturated rings. The first kappa shape index (κ1) is 11.2. The highest BCUT2D eigenvalue weighted by atomic mass is 31.0. The van der Waals surface area contributed by atoms with Crippen LogP contribution in [-0.2, 0) is 0 Å². The zero-order valence-corrected chi connectivity index (χ0v) is 10.5. The highest BCUT2D eigenvalue weighted by Crippen LogP contribution is 2.36. The molecule has 0 nitrogen and oxygen atoms in total. The topological polar surface area (TPSA) is 0 Å². The van der Waals surface area contributed by atoms with E-state index >= 15 is 0 Å². The van der Waals surface area contributed by atoms with Crippen LogP contribution in [0.25, 0.3) is 0 Å². The normalized spacial score (nSPS) is 36.6. The van der Waals surface area contributed by atoms with Gasteiger partial charge in [0.15, 0.2) is 0 Å². The van der Waals surface area contributed by atoms with E-state index in [9.17, 15) is 0 Å². The van der Waals surface area contributed by atoms with Crippen LogP contribution in [-0.4, -0.2) is 5.66 Å². The monoisotopic (exact) mass is 198 g/mol. The molecule has 0 aromatic rings. The lowest BCUT2D eigenvalue weighted by Crippen LogP contribution is -2.26. The molecule has 0 aromatic carbocycles. The third-order valence-electron chi connectivity index (χ3n) is 3.41. The van der Waals surface area contributed by atoms with Gasteiger partial charge in [-0.2, -0.15) is 0 Å². The number of allylic oxidation sites excluding steroid dienone is 2. The van der Waals surface area contributed by atoms with Gasteiger partial charge in [0.05, 0.1) is 0 Å². The van der Waals surface area contributed by atoms with E-state index in [2.05, 4.69) is 49.1 Å². The minimum absolute atomic E-state index is 0.751. The Morgan fingerprint density at radius 3 is 2.31 bits per heavy atom. The van der Waals surface area contributed by atoms with E-state index in [1.165, 1.54) is 6.42 Å². The SMILES string of the molecule is CC(C)C1C=C[C@H](C)C([C@H](C)P)C1. The lowest BCUT2D eigenvalue weighted by atomic mass is 9.75. The fourth-order valence-corrected chi connectivity index (χ4v) is 2.76. The second-order valence-electron chi connectivity index (χ2n) is 4.91. The average Bonchev–Trinajstić information content (AvgIpc) is 2.04. The highest BCUT2D eigenvalue weighted by Gasteiger charge is 2.27. The van der Waals surface area contributed by atoms with Crippen LogP contribution < -0.4 is 0 Å². The van der Waals surface area contributed by atoms with Crippen LogP contribution >= 0.6 is 9.24 Å². The molecule has 1 aliphatic rings. The molecule has 0 saturated heterocycles. The van der Waals surface area contributed by atoms with Gasteiger partial charge in [0.1, 0.15) is 0 Å². The van der Waals surface area contributed by atoms with Gasteiger partial charge in [-0.15, -0.1) is 9.24 Å². The lowest BCUT2D eigenvalue weighted by molar-refractivity contribution is 0.282. The molecule has 0 bridgehead atoms. The second kappa shape index (κ2) is 4.60. The summed E-state index contributed by atoms with van der Waals surface area (Å²) in [5, 5.41) is 0. The van der Waals surface area contributed by atoms with Gasteiger partial charge in [0.25, 0.3) is 0 Å². The maximum Gasteiger partial charge on any atom is -0.0207 e. The minimum atomic E-state index is 0.751. The molecule has 0 spiro atoms. The Bertz CT molecular complexity index is 182. The van der Waals surface area contributed by atoms with Gasteiger partial charge in [0.2, 0.25) is 0 Å². The Labute approximate surface area is 85.4 Å². The van der Waals surface area contributed by atoms with Crippen LogP contribution in [0.1, 0.15) is 34.1 Å². The van der Waals surface area contributed by atoms with Gasteiger partial charge in [-0.1, -0.05) is 39.8 Å². The molecule has 0 N–H and O–H groups in total. The molecule has 1 rings (SSSR count). The third kappa shape index (κ3) is 2.81. The van der Waals surface area contributed by atoms with Crippen LogP contribution in [0.2, 0.25) is 0 Å². The van der Waals surface area contributed by atoms with Gasteiger partial charge in [-0.3, -0.25) is 0 Å². The highest BCUT2D eigenvalue weighted by molar-refractivity contribution is 7.17. The first-order valence-corrected chi connectivity index (χ1v) is 6.13. The summed E-state index contributed by atoms with van der Waals surface area (Å²) in [6.07, 6.45) is 6.22. The maximum absolute atomic E-state index is 2.96. The zero-order chi connectivity index (χ0) is 10.0. The van der Waals surface area contributed by atoms with Crippen molar-refractivity contribution in [2.75, 3.05) is 0 Å². The summed E-state index contributed by atoms with van der Waals surface area (Å²) in [6.45, 7) is 9.33.